The topological polar surface area (TPSA) is 58.0 Å². The molecule has 4 nitrogen and oxygen atoms in total. The van der Waals surface area contributed by atoms with E-state index in [2.05, 4.69) is 24.1 Å². The zero-order valence-electron chi connectivity index (χ0n) is 10.0. The number of nitrogens with one attached hydrogen (secondary N) is 2. The molecule has 1 saturated carbocycles. The number of hydrogen-bond acceptors (Lipinski definition) is 3. The molecule has 0 saturated heterocycles. The molecule has 0 bridgehead atoms. The normalized spacial score (nSPS) is 19.2. The summed E-state index contributed by atoms with van der Waals surface area (Å²) in [5.41, 5.74) is 2.80. The van der Waals surface area contributed by atoms with Crippen LogP contribution in [0.2, 0.25) is 0 Å². The van der Waals surface area contributed by atoms with E-state index in [9.17, 15) is 4.79 Å². The minimum absolute atomic E-state index is 0.403. The highest BCUT2D eigenvalue weighted by molar-refractivity contribution is 5.76. The molecular formula is C13H16N2O2. The monoisotopic (exact) mass is 232 g/mol. The van der Waals surface area contributed by atoms with E-state index >= 15 is 0 Å². The lowest BCUT2D eigenvalue weighted by molar-refractivity contribution is 0.493. The average molecular weight is 232 g/mol. The number of benzene rings is 1. The average Bonchev–Trinajstić information content (AvgIpc) is 2.91. The predicted octanol–water partition coefficient (Wildman–Crippen LogP) is 2.72. The second-order valence-electron chi connectivity index (χ2n) is 5.25. The van der Waals surface area contributed by atoms with Gasteiger partial charge in [0.15, 0.2) is 5.58 Å². The number of oxazole rings is 1. The van der Waals surface area contributed by atoms with Gasteiger partial charge in [-0.25, -0.2) is 4.79 Å². The van der Waals surface area contributed by atoms with Gasteiger partial charge in [-0.3, -0.25) is 4.98 Å². The van der Waals surface area contributed by atoms with Crippen LogP contribution in [0.15, 0.2) is 27.4 Å². The summed E-state index contributed by atoms with van der Waals surface area (Å²) in [7, 11) is 0. The Morgan fingerprint density at radius 1 is 1.47 bits per heavy atom. The van der Waals surface area contributed by atoms with E-state index in [1.165, 1.54) is 12.8 Å². The molecule has 0 amide bonds. The second-order valence-corrected chi connectivity index (χ2v) is 5.25. The first kappa shape index (κ1) is 10.4. The van der Waals surface area contributed by atoms with Crippen LogP contribution in [-0.2, 0) is 0 Å². The number of fused-ring (bicyclic) bond motifs is 1. The molecule has 2 aromatic rings. The summed E-state index contributed by atoms with van der Waals surface area (Å²) >= 11 is 0. The van der Waals surface area contributed by atoms with E-state index in [1.807, 2.05) is 18.2 Å². The molecule has 1 aromatic heterocycles. The summed E-state index contributed by atoms with van der Waals surface area (Å²) in [6, 6.07) is 6.13. The number of aromatic amines is 1. The van der Waals surface area contributed by atoms with Gasteiger partial charge in [0.1, 0.15) is 0 Å². The van der Waals surface area contributed by atoms with Crippen LogP contribution in [0.5, 0.6) is 0 Å². The van der Waals surface area contributed by atoms with Crippen molar-refractivity contribution in [1.29, 1.82) is 0 Å². The van der Waals surface area contributed by atoms with Crippen molar-refractivity contribution in [3.63, 3.8) is 0 Å². The maximum atomic E-state index is 11.0. The third kappa shape index (κ3) is 1.84. The SMILES string of the molecule is CC(Nc1ccc2oc(=O)[nH]c2c1)C1(C)CC1. The van der Waals surface area contributed by atoms with Gasteiger partial charge in [-0.1, -0.05) is 6.92 Å². The molecule has 0 spiro atoms. The molecule has 0 aliphatic heterocycles. The first-order valence-corrected chi connectivity index (χ1v) is 5.96. The molecule has 1 heterocycles. The first-order valence-electron chi connectivity index (χ1n) is 5.96. The van der Waals surface area contributed by atoms with E-state index in [4.69, 9.17) is 4.42 Å². The molecule has 1 aliphatic rings. The number of H-pyrrole nitrogens is 1. The lowest BCUT2D eigenvalue weighted by atomic mass is 10.0. The van der Waals surface area contributed by atoms with Gasteiger partial charge in [-0.05, 0) is 43.4 Å². The molecule has 2 N–H and O–H groups in total. The highest BCUT2D eigenvalue weighted by Crippen LogP contribution is 2.48. The highest BCUT2D eigenvalue weighted by atomic mass is 16.4. The molecule has 3 rings (SSSR count). The lowest BCUT2D eigenvalue weighted by Crippen LogP contribution is -2.24. The molecule has 1 aromatic carbocycles. The van der Waals surface area contributed by atoms with Gasteiger partial charge in [0, 0.05) is 11.7 Å². The van der Waals surface area contributed by atoms with Gasteiger partial charge >= 0.3 is 5.76 Å². The zero-order chi connectivity index (χ0) is 12.0. The van der Waals surface area contributed by atoms with Crippen LogP contribution in [0.1, 0.15) is 26.7 Å². The fourth-order valence-corrected chi connectivity index (χ4v) is 2.10. The van der Waals surface area contributed by atoms with Crippen molar-refractivity contribution < 1.29 is 4.42 Å². The fourth-order valence-electron chi connectivity index (χ4n) is 2.10. The van der Waals surface area contributed by atoms with Crippen molar-refractivity contribution in [3.8, 4) is 0 Å². The van der Waals surface area contributed by atoms with Crippen molar-refractivity contribution >= 4 is 16.8 Å². The molecule has 90 valence electrons. The Kier molecular flexibility index (Phi) is 2.08. The Morgan fingerprint density at radius 2 is 2.24 bits per heavy atom. The number of rotatable bonds is 3. The number of hydrogen-bond donors (Lipinski definition) is 2. The molecule has 1 fully saturated rings. The minimum Gasteiger partial charge on any atom is -0.408 e. The van der Waals surface area contributed by atoms with E-state index < -0.39 is 5.76 Å². The first-order chi connectivity index (χ1) is 8.07. The quantitative estimate of drug-likeness (QED) is 0.855. The van der Waals surface area contributed by atoms with Crippen LogP contribution >= 0.6 is 0 Å². The molecule has 17 heavy (non-hydrogen) atoms. The molecule has 1 atom stereocenters. The number of aromatic nitrogens is 1. The maximum absolute atomic E-state index is 11.0. The highest BCUT2D eigenvalue weighted by Gasteiger charge is 2.42. The van der Waals surface area contributed by atoms with Gasteiger partial charge in [0.2, 0.25) is 0 Å². The van der Waals surface area contributed by atoms with Crippen LogP contribution in [0.4, 0.5) is 5.69 Å². The van der Waals surface area contributed by atoms with Crippen molar-refractivity contribution in [2.45, 2.75) is 32.7 Å². The third-order valence-corrected chi connectivity index (χ3v) is 3.89. The fraction of sp³-hybridized carbons (Fsp3) is 0.462. The molecule has 1 aliphatic carbocycles. The van der Waals surface area contributed by atoms with Crippen LogP contribution in [0, 0.1) is 5.41 Å². The minimum atomic E-state index is -0.403. The van der Waals surface area contributed by atoms with Gasteiger partial charge in [-0.2, -0.15) is 0 Å². The smallest absolute Gasteiger partial charge is 0.408 e. The van der Waals surface area contributed by atoms with Crippen LogP contribution in [0.3, 0.4) is 0 Å². The summed E-state index contributed by atoms with van der Waals surface area (Å²) < 4.78 is 4.97. The molecule has 1 unspecified atom stereocenters. The third-order valence-electron chi connectivity index (χ3n) is 3.89. The van der Waals surface area contributed by atoms with Gasteiger partial charge in [0.05, 0.1) is 5.52 Å². The maximum Gasteiger partial charge on any atom is 0.417 e. The summed E-state index contributed by atoms with van der Waals surface area (Å²) in [4.78, 5) is 13.7. The van der Waals surface area contributed by atoms with Crippen molar-refractivity contribution in [2.24, 2.45) is 5.41 Å². The van der Waals surface area contributed by atoms with E-state index in [0.717, 1.165) is 11.2 Å². The summed E-state index contributed by atoms with van der Waals surface area (Å²) in [5, 5.41) is 3.48. The summed E-state index contributed by atoms with van der Waals surface area (Å²) in [5.74, 6) is -0.403. The Hall–Kier alpha value is -1.71. The Labute approximate surface area is 99.0 Å². The zero-order valence-corrected chi connectivity index (χ0v) is 10.0. The van der Waals surface area contributed by atoms with Gasteiger partial charge < -0.3 is 9.73 Å². The Bertz CT molecular complexity index is 607. The molecule has 0 radical (unpaired) electrons. The summed E-state index contributed by atoms with van der Waals surface area (Å²) in [6.45, 7) is 4.50. The van der Waals surface area contributed by atoms with Crippen molar-refractivity contribution in [1.82, 2.24) is 4.98 Å². The van der Waals surface area contributed by atoms with Crippen molar-refractivity contribution in [3.05, 3.63) is 28.7 Å². The lowest BCUT2D eigenvalue weighted by Gasteiger charge is -2.21. The van der Waals surface area contributed by atoms with Gasteiger partial charge in [-0.15, -0.1) is 0 Å². The Balaban J connectivity index is 1.87. The van der Waals surface area contributed by atoms with Crippen LogP contribution < -0.4 is 11.1 Å². The second kappa shape index (κ2) is 3.39. The van der Waals surface area contributed by atoms with Crippen molar-refractivity contribution in [2.75, 3.05) is 5.32 Å². The summed E-state index contributed by atoms with van der Waals surface area (Å²) in [6.07, 6.45) is 2.57. The van der Waals surface area contributed by atoms with E-state index in [1.54, 1.807) is 0 Å². The molecule has 4 heteroatoms. The Morgan fingerprint density at radius 3 is 2.94 bits per heavy atom. The van der Waals surface area contributed by atoms with Crippen LogP contribution in [0.25, 0.3) is 11.1 Å². The van der Waals surface area contributed by atoms with E-state index in [-0.39, 0.29) is 0 Å². The van der Waals surface area contributed by atoms with E-state index in [0.29, 0.717) is 17.0 Å². The molecular weight excluding hydrogens is 216 g/mol. The van der Waals surface area contributed by atoms with Gasteiger partial charge in [0.25, 0.3) is 0 Å². The van der Waals surface area contributed by atoms with Crippen LogP contribution in [-0.4, -0.2) is 11.0 Å². The number of anilines is 1. The standard InChI is InChI=1S/C13H16N2O2/c1-8(13(2)5-6-13)14-9-3-4-11-10(7-9)15-12(16)17-11/h3-4,7-8,14H,5-6H2,1-2H3,(H,15,16). The largest absolute Gasteiger partial charge is 0.417 e. The predicted molar refractivity (Wildman–Crippen MR) is 67.3 cm³/mol.